The van der Waals surface area contributed by atoms with Gasteiger partial charge in [-0.25, -0.2) is 0 Å². The number of phenolic OH excluding ortho intramolecular Hbond substituents is 2. The summed E-state index contributed by atoms with van der Waals surface area (Å²) in [5.41, 5.74) is 3.60. The van der Waals surface area contributed by atoms with Gasteiger partial charge in [-0.05, 0) is 28.9 Å². The lowest BCUT2D eigenvalue weighted by Crippen LogP contribution is -2.35. The van der Waals surface area contributed by atoms with Crippen LogP contribution in [0.4, 0.5) is 0 Å². The van der Waals surface area contributed by atoms with E-state index in [2.05, 4.69) is 59.1 Å². The molecule has 0 saturated carbocycles. The van der Waals surface area contributed by atoms with Crippen LogP contribution in [0.3, 0.4) is 0 Å². The second kappa shape index (κ2) is 9.19. The molecule has 0 fully saturated rings. The molecule has 2 aromatic carbocycles. The Morgan fingerprint density at radius 3 is 1.66 bits per heavy atom. The summed E-state index contributed by atoms with van der Waals surface area (Å²) in [6.07, 6.45) is 0. The summed E-state index contributed by atoms with van der Waals surface area (Å²) in [5.74, 6) is 0.772. The van der Waals surface area contributed by atoms with Crippen molar-refractivity contribution in [2.75, 3.05) is 6.54 Å². The first-order valence-corrected chi connectivity index (χ1v) is 10.5. The molecule has 2 aromatic rings. The van der Waals surface area contributed by atoms with E-state index in [0.717, 1.165) is 28.8 Å². The zero-order valence-electron chi connectivity index (χ0n) is 19.1. The molecule has 0 bridgehead atoms. The highest BCUT2D eigenvalue weighted by molar-refractivity contribution is 5.44. The molecule has 0 aliphatic rings. The van der Waals surface area contributed by atoms with Gasteiger partial charge < -0.3 is 20.8 Å². The number of nitrogens with one attached hydrogen (secondary N) is 2. The Balaban J connectivity index is 1.90. The highest BCUT2D eigenvalue weighted by Gasteiger charge is 2.20. The van der Waals surface area contributed by atoms with Gasteiger partial charge in [0.1, 0.15) is 11.5 Å². The zero-order chi connectivity index (χ0) is 21.8. The van der Waals surface area contributed by atoms with Crippen molar-refractivity contribution in [3.8, 4) is 11.5 Å². The van der Waals surface area contributed by atoms with Crippen LogP contribution in [0, 0.1) is 0 Å². The maximum absolute atomic E-state index is 10.6. The molecule has 0 saturated heterocycles. The number of hydrogen-bond acceptors (Lipinski definition) is 4. The van der Waals surface area contributed by atoms with Gasteiger partial charge in [0.15, 0.2) is 0 Å². The summed E-state index contributed by atoms with van der Waals surface area (Å²) < 4.78 is 0. The maximum Gasteiger partial charge on any atom is 0.123 e. The van der Waals surface area contributed by atoms with Crippen LogP contribution in [0.15, 0.2) is 36.4 Å². The molecule has 0 radical (unpaired) electrons. The summed E-state index contributed by atoms with van der Waals surface area (Å²) in [5, 5.41) is 28.1. The predicted octanol–water partition coefficient (Wildman–Crippen LogP) is 4.96. The number of benzene rings is 2. The minimum Gasteiger partial charge on any atom is -0.507 e. The summed E-state index contributed by atoms with van der Waals surface area (Å²) in [7, 11) is 0. The molecule has 0 aliphatic carbocycles. The SMILES string of the molecule is C[C@H](CNCc1cccc(C(C)(C)C)c1O)NCc1cccc(C(C)(C)C)c1O. The molecule has 4 heteroatoms. The van der Waals surface area contributed by atoms with Crippen LogP contribution < -0.4 is 10.6 Å². The van der Waals surface area contributed by atoms with Crippen LogP contribution in [-0.4, -0.2) is 22.8 Å². The van der Waals surface area contributed by atoms with Crippen LogP contribution >= 0.6 is 0 Å². The second-order valence-electron chi connectivity index (χ2n) is 10.0. The third-order valence-electron chi connectivity index (χ3n) is 5.26. The summed E-state index contributed by atoms with van der Waals surface area (Å²) in [6.45, 7) is 16.7. The van der Waals surface area contributed by atoms with E-state index in [4.69, 9.17) is 0 Å². The van der Waals surface area contributed by atoms with Gasteiger partial charge in [0, 0.05) is 36.8 Å². The van der Waals surface area contributed by atoms with Crippen LogP contribution in [0.5, 0.6) is 11.5 Å². The van der Waals surface area contributed by atoms with Gasteiger partial charge in [-0.2, -0.15) is 0 Å². The standard InChI is InChI=1S/C25H38N2O2/c1-17(27-16-19-11-9-13-21(23(19)29)25(5,6)7)14-26-15-18-10-8-12-20(22(18)28)24(2,3)4/h8-13,17,26-29H,14-16H2,1-7H3/t17-/m1/s1. The van der Waals surface area contributed by atoms with Crippen LogP contribution in [0.25, 0.3) is 0 Å². The van der Waals surface area contributed by atoms with Crippen molar-refractivity contribution < 1.29 is 10.2 Å². The Bertz CT molecular complexity index is 817. The van der Waals surface area contributed by atoms with Crippen molar-refractivity contribution in [1.29, 1.82) is 0 Å². The van der Waals surface area contributed by atoms with Gasteiger partial charge in [-0.15, -0.1) is 0 Å². The van der Waals surface area contributed by atoms with Gasteiger partial charge >= 0.3 is 0 Å². The Hall–Kier alpha value is -2.04. The quantitative estimate of drug-likeness (QED) is 0.532. The number of aromatic hydroxyl groups is 2. The van der Waals surface area contributed by atoms with Gasteiger partial charge in [-0.1, -0.05) is 77.9 Å². The molecule has 160 valence electrons. The minimum atomic E-state index is -0.0864. The maximum atomic E-state index is 10.6. The molecular formula is C25H38N2O2. The summed E-state index contributed by atoms with van der Waals surface area (Å²) in [6, 6.07) is 12.1. The number of rotatable bonds is 7. The van der Waals surface area contributed by atoms with E-state index >= 15 is 0 Å². The molecule has 0 spiro atoms. The average Bonchev–Trinajstić information content (AvgIpc) is 2.60. The normalized spacial score (nSPS) is 13.5. The van der Waals surface area contributed by atoms with Crippen LogP contribution in [0.2, 0.25) is 0 Å². The van der Waals surface area contributed by atoms with E-state index < -0.39 is 0 Å². The molecule has 0 amide bonds. The first-order valence-electron chi connectivity index (χ1n) is 10.5. The molecule has 2 rings (SSSR count). The third-order valence-corrected chi connectivity index (χ3v) is 5.26. The lowest BCUT2D eigenvalue weighted by atomic mass is 9.85. The van der Waals surface area contributed by atoms with Crippen molar-refractivity contribution in [1.82, 2.24) is 10.6 Å². The Labute approximate surface area is 176 Å². The molecule has 4 nitrogen and oxygen atoms in total. The second-order valence-corrected chi connectivity index (χ2v) is 10.0. The monoisotopic (exact) mass is 398 g/mol. The average molecular weight is 399 g/mol. The lowest BCUT2D eigenvalue weighted by Gasteiger charge is -2.23. The van der Waals surface area contributed by atoms with Crippen LogP contribution in [-0.2, 0) is 23.9 Å². The fourth-order valence-electron chi connectivity index (χ4n) is 3.46. The van der Waals surface area contributed by atoms with E-state index in [1.54, 1.807) is 0 Å². The lowest BCUT2D eigenvalue weighted by molar-refractivity contribution is 0.427. The van der Waals surface area contributed by atoms with E-state index in [1.807, 2.05) is 36.4 Å². The van der Waals surface area contributed by atoms with Crippen molar-refractivity contribution in [2.45, 2.75) is 78.4 Å². The van der Waals surface area contributed by atoms with Crippen molar-refractivity contribution >= 4 is 0 Å². The third kappa shape index (κ3) is 6.22. The highest BCUT2D eigenvalue weighted by atomic mass is 16.3. The van der Waals surface area contributed by atoms with Gasteiger partial charge in [-0.3, -0.25) is 0 Å². The molecular weight excluding hydrogens is 360 g/mol. The van der Waals surface area contributed by atoms with Crippen molar-refractivity contribution in [2.24, 2.45) is 0 Å². The molecule has 0 aliphatic heterocycles. The van der Waals surface area contributed by atoms with Gasteiger partial charge in [0.2, 0.25) is 0 Å². The molecule has 1 atom stereocenters. The fourth-order valence-corrected chi connectivity index (χ4v) is 3.46. The molecule has 29 heavy (non-hydrogen) atoms. The van der Waals surface area contributed by atoms with Crippen molar-refractivity contribution in [3.05, 3.63) is 58.7 Å². The first-order chi connectivity index (χ1) is 13.4. The summed E-state index contributed by atoms with van der Waals surface area (Å²) >= 11 is 0. The minimum absolute atomic E-state index is 0.0848. The highest BCUT2D eigenvalue weighted by Crippen LogP contribution is 2.34. The summed E-state index contributed by atoms with van der Waals surface area (Å²) in [4.78, 5) is 0. The number of hydrogen-bond donors (Lipinski definition) is 4. The predicted molar refractivity (Wildman–Crippen MR) is 122 cm³/mol. The van der Waals surface area contributed by atoms with Gasteiger partial charge in [0.25, 0.3) is 0 Å². The van der Waals surface area contributed by atoms with Crippen LogP contribution in [0.1, 0.15) is 70.7 Å². The molecule has 0 heterocycles. The smallest absolute Gasteiger partial charge is 0.123 e. The fraction of sp³-hybridized carbons (Fsp3) is 0.520. The molecule has 0 aromatic heterocycles. The van der Waals surface area contributed by atoms with Crippen molar-refractivity contribution in [3.63, 3.8) is 0 Å². The van der Waals surface area contributed by atoms with E-state index in [0.29, 0.717) is 24.6 Å². The zero-order valence-corrected chi connectivity index (χ0v) is 19.1. The Morgan fingerprint density at radius 1 is 0.759 bits per heavy atom. The topological polar surface area (TPSA) is 64.5 Å². The Kier molecular flexibility index (Phi) is 7.36. The molecule has 0 unspecified atom stereocenters. The molecule has 4 N–H and O–H groups in total. The van der Waals surface area contributed by atoms with E-state index in [-0.39, 0.29) is 16.9 Å². The first kappa shape index (κ1) is 23.2. The number of para-hydroxylation sites is 2. The largest absolute Gasteiger partial charge is 0.507 e. The Morgan fingerprint density at radius 2 is 1.21 bits per heavy atom. The van der Waals surface area contributed by atoms with Gasteiger partial charge in [0.05, 0.1) is 0 Å². The number of phenols is 2. The van der Waals surface area contributed by atoms with E-state index in [1.165, 1.54) is 0 Å². The van der Waals surface area contributed by atoms with E-state index in [9.17, 15) is 10.2 Å².